The van der Waals surface area contributed by atoms with Gasteiger partial charge in [0.1, 0.15) is 5.76 Å². The number of carbonyl (C=O) groups excluding carboxylic acids is 1. The first-order valence-corrected chi connectivity index (χ1v) is 7.14. The van der Waals surface area contributed by atoms with E-state index in [1.807, 2.05) is 30.0 Å². The maximum absolute atomic E-state index is 12.3. The Morgan fingerprint density at radius 2 is 2.14 bits per heavy atom. The summed E-state index contributed by atoms with van der Waals surface area (Å²) in [4.78, 5) is 14.2. The van der Waals surface area contributed by atoms with Crippen LogP contribution in [0.1, 0.15) is 22.9 Å². The third-order valence-electron chi connectivity index (χ3n) is 3.95. The Hall–Kier alpha value is -2.14. The van der Waals surface area contributed by atoms with Crippen molar-refractivity contribution in [3.8, 4) is 0 Å². The van der Waals surface area contributed by atoms with E-state index in [-0.39, 0.29) is 24.3 Å². The first kappa shape index (κ1) is 13.8. The van der Waals surface area contributed by atoms with Crippen LogP contribution in [0.5, 0.6) is 0 Å². The van der Waals surface area contributed by atoms with Crippen molar-refractivity contribution in [3.63, 3.8) is 0 Å². The Balaban J connectivity index is 1.66. The second kappa shape index (κ2) is 5.69. The summed E-state index contributed by atoms with van der Waals surface area (Å²) < 4.78 is 4.99. The Morgan fingerprint density at radius 3 is 2.81 bits per heavy atom. The number of nitrogens with zero attached hydrogens (tertiary/aromatic N) is 2. The molecule has 5 nitrogen and oxygen atoms in total. The van der Waals surface area contributed by atoms with Gasteiger partial charge in [-0.15, -0.1) is 0 Å². The van der Waals surface area contributed by atoms with Crippen LogP contribution in [0.15, 0.2) is 40.9 Å². The Labute approximate surface area is 123 Å². The molecule has 2 aromatic rings. The number of amides is 1. The quantitative estimate of drug-likeness (QED) is 0.927. The molecule has 0 bridgehead atoms. The van der Waals surface area contributed by atoms with E-state index in [4.69, 9.17) is 10.3 Å². The molecule has 2 N–H and O–H groups in total. The van der Waals surface area contributed by atoms with E-state index in [0.29, 0.717) is 18.8 Å². The van der Waals surface area contributed by atoms with E-state index in [1.54, 1.807) is 6.07 Å². The number of likely N-dealkylation sites (tertiary alicyclic amines) is 1. The van der Waals surface area contributed by atoms with Gasteiger partial charge in [-0.05, 0) is 12.5 Å². The van der Waals surface area contributed by atoms with Gasteiger partial charge >= 0.3 is 0 Å². The molecule has 0 aliphatic carbocycles. The molecule has 3 rings (SSSR count). The second-order valence-corrected chi connectivity index (χ2v) is 5.59. The van der Waals surface area contributed by atoms with Gasteiger partial charge in [0.2, 0.25) is 5.91 Å². The van der Waals surface area contributed by atoms with Crippen LogP contribution < -0.4 is 5.73 Å². The van der Waals surface area contributed by atoms with Gasteiger partial charge in [0, 0.05) is 31.1 Å². The van der Waals surface area contributed by atoms with Crippen LogP contribution in [0.2, 0.25) is 0 Å². The van der Waals surface area contributed by atoms with Gasteiger partial charge < -0.3 is 15.2 Å². The highest BCUT2D eigenvalue weighted by Gasteiger charge is 2.33. The Kier molecular flexibility index (Phi) is 3.75. The molecule has 1 aliphatic heterocycles. The predicted molar refractivity (Wildman–Crippen MR) is 78.7 cm³/mol. The molecular weight excluding hydrogens is 266 g/mol. The minimum atomic E-state index is -0.0182. The average Bonchev–Trinajstić information content (AvgIpc) is 3.06. The molecule has 21 heavy (non-hydrogen) atoms. The third kappa shape index (κ3) is 2.97. The molecule has 0 unspecified atom stereocenters. The van der Waals surface area contributed by atoms with Gasteiger partial charge in [0.05, 0.1) is 12.1 Å². The van der Waals surface area contributed by atoms with Gasteiger partial charge in [-0.3, -0.25) is 4.79 Å². The number of hydrogen-bond acceptors (Lipinski definition) is 4. The topological polar surface area (TPSA) is 72.4 Å². The highest BCUT2D eigenvalue weighted by Crippen LogP contribution is 2.26. The van der Waals surface area contributed by atoms with Crippen LogP contribution in [0.4, 0.5) is 0 Å². The van der Waals surface area contributed by atoms with Crippen LogP contribution in [0.25, 0.3) is 0 Å². The molecule has 0 saturated carbocycles. The first-order valence-electron chi connectivity index (χ1n) is 7.14. The van der Waals surface area contributed by atoms with Gasteiger partial charge in [-0.1, -0.05) is 35.5 Å². The summed E-state index contributed by atoms with van der Waals surface area (Å²) in [6, 6.07) is 11.9. The fraction of sp³-hybridized carbons (Fsp3) is 0.375. The zero-order valence-corrected chi connectivity index (χ0v) is 12.0. The van der Waals surface area contributed by atoms with Crippen LogP contribution in [-0.4, -0.2) is 35.1 Å². The van der Waals surface area contributed by atoms with Crippen molar-refractivity contribution in [2.45, 2.75) is 25.3 Å². The molecule has 5 heteroatoms. The molecule has 2 heterocycles. The van der Waals surface area contributed by atoms with Gasteiger partial charge in [0.25, 0.3) is 0 Å². The van der Waals surface area contributed by atoms with Crippen molar-refractivity contribution in [2.24, 2.45) is 5.73 Å². The number of carbonyl (C=O) groups is 1. The lowest BCUT2D eigenvalue weighted by atomic mass is 9.95. The molecule has 1 aromatic carbocycles. The minimum absolute atomic E-state index is 0.0182. The maximum Gasteiger partial charge on any atom is 0.228 e. The van der Waals surface area contributed by atoms with Crippen molar-refractivity contribution in [1.29, 1.82) is 0 Å². The fourth-order valence-corrected chi connectivity index (χ4v) is 2.85. The summed E-state index contributed by atoms with van der Waals surface area (Å²) in [5, 5.41) is 3.87. The lowest BCUT2D eigenvalue weighted by Gasteiger charge is -2.15. The number of aryl methyl sites for hydroxylation is 1. The standard InChI is InChI=1S/C16H19N3O2/c1-11-7-13(18-21-11)8-16(20)19-9-14(15(17)10-19)12-5-3-2-4-6-12/h2-7,14-15H,8-10,17H2,1H3/t14-,15+/m0/s1. The molecule has 1 fully saturated rings. The van der Waals surface area contributed by atoms with Crippen molar-refractivity contribution in [3.05, 3.63) is 53.4 Å². The third-order valence-corrected chi connectivity index (χ3v) is 3.95. The van der Waals surface area contributed by atoms with Crippen LogP contribution in [0.3, 0.4) is 0 Å². The Bertz CT molecular complexity index is 623. The highest BCUT2D eigenvalue weighted by molar-refractivity contribution is 5.78. The van der Waals surface area contributed by atoms with Crippen molar-refractivity contribution < 1.29 is 9.32 Å². The summed E-state index contributed by atoms with van der Waals surface area (Å²) in [5.74, 6) is 0.976. The van der Waals surface area contributed by atoms with Gasteiger partial charge in [-0.25, -0.2) is 0 Å². The molecule has 110 valence electrons. The fourth-order valence-electron chi connectivity index (χ4n) is 2.85. The highest BCUT2D eigenvalue weighted by atomic mass is 16.5. The van der Waals surface area contributed by atoms with Gasteiger partial charge in [0.15, 0.2) is 0 Å². The zero-order valence-electron chi connectivity index (χ0n) is 12.0. The van der Waals surface area contributed by atoms with Gasteiger partial charge in [-0.2, -0.15) is 0 Å². The lowest BCUT2D eigenvalue weighted by molar-refractivity contribution is -0.129. The Morgan fingerprint density at radius 1 is 1.38 bits per heavy atom. The summed E-state index contributed by atoms with van der Waals surface area (Å²) in [6.45, 7) is 3.08. The number of rotatable bonds is 3. The van der Waals surface area contributed by atoms with Crippen molar-refractivity contribution >= 4 is 5.91 Å². The molecule has 0 spiro atoms. The smallest absolute Gasteiger partial charge is 0.228 e. The van der Waals surface area contributed by atoms with E-state index >= 15 is 0 Å². The predicted octanol–water partition coefficient (Wildman–Crippen LogP) is 1.48. The average molecular weight is 285 g/mol. The summed E-state index contributed by atoms with van der Waals surface area (Å²) in [5.41, 5.74) is 8.08. The SMILES string of the molecule is Cc1cc(CC(=O)N2C[C@@H](N)[C@H](c3ccccc3)C2)no1. The van der Waals surface area contributed by atoms with E-state index in [1.165, 1.54) is 5.56 Å². The van der Waals surface area contributed by atoms with Crippen molar-refractivity contribution in [2.75, 3.05) is 13.1 Å². The lowest BCUT2D eigenvalue weighted by Crippen LogP contribution is -2.33. The number of benzene rings is 1. The number of hydrogen-bond donors (Lipinski definition) is 1. The van der Waals surface area contributed by atoms with E-state index in [9.17, 15) is 4.79 Å². The maximum atomic E-state index is 12.3. The molecule has 0 radical (unpaired) electrons. The number of nitrogens with two attached hydrogens (primary N) is 1. The summed E-state index contributed by atoms with van der Waals surface area (Å²) in [7, 11) is 0. The monoisotopic (exact) mass is 285 g/mol. The zero-order chi connectivity index (χ0) is 14.8. The minimum Gasteiger partial charge on any atom is -0.361 e. The first-order chi connectivity index (χ1) is 10.1. The van der Waals surface area contributed by atoms with E-state index in [2.05, 4.69) is 17.3 Å². The molecule has 1 saturated heterocycles. The van der Waals surface area contributed by atoms with Crippen molar-refractivity contribution in [1.82, 2.24) is 10.1 Å². The second-order valence-electron chi connectivity index (χ2n) is 5.59. The molecular formula is C16H19N3O2. The van der Waals surface area contributed by atoms with Crippen LogP contribution in [0, 0.1) is 6.92 Å². The normalized spacial score (nSPS) is 21.7. The molecule has 2 atom stereocenters. The number of aromatic nitrogens is 1. The summed E-state index contributed by atoms with van der Waals surface area (Å²) >= 11 is 0. The molecule has 1 amide bonds. The molecule has 1 aliphatic rings. The van der Waals surface area contributed by atoms with E-state index in [0.717, 1.165) is 5.76 Å². The van der Waals surface area contributed by atoms with Crippen LogP contribution >= 0.6 is 0 Å². The van der Waals surface area contributed by atoms with E-state index < -0.39 is 0 Å². The largest absolute Gasteiger partial charge is 0.361 e. The van der Waals surface area contributed by atoms with Crippen LogP contribution in [-0.2, 0) is 11.2 Å². The molecule has 1 aromatic heterocycles. The summed E-state index contributed by atoms with van der Waals surface area (Å²) in [6.07, 6.45) is 0.269.